The van der Waals surface area contributed by atoms with E-state index in [1.165, 1.54) is 38.9 Å². The summed E-state index contributed by atoms with van der Waals surface area (Å²) in [6, 6.07) is 5.96. The van der Waals surface area contributed by atoms with Crippen LogP contribution in [0.25, 0.3) is 0 Å². The summed E-state index contributed by atoms with van der Waals surface area (Å²) in [5, 5.41) is 18.4. The molecule has 9 nitrogen and oxygen atoms in total. The summed E-state index contributed by atoms with van der Waals surface area (Å²) < 4.78 is 41.6. The molecule has 4 rings (SSSR count). The van der Waals surface area contributed by atoms with E-state index in [4.69, 9.17) is 9.47 Å². The number of sulfonamides is 1. The molecule has 32 heavy (non-hydrogen) atoms. The number of rotatable bonds is 9. The minimum Gasteiger partial charge on any atom is -0.495 e. The van der Waals surface area contributed by atoms with E-state index in [1.54, 1.807) is 18.2 Å². The van der Waals surface area contributed by atoms with Crippen LogP contribution in [0.3, 0.4) is 0 Å². The zero-order valence-corrected chi connectivity index (χ0v) is 19.2. The van der Waals surface area contributed by atoms with Crippen molar-refractivity contribution in [3.63, 3.8) is 0 Å². The normalized spacial score (nSPS) is 24.6. The lowest BCUT2D eigenvalue weighted by atomic mass is 9.98. The van der Waals surface area contributed by atoms with Crippen molar-refractivity contribution in [3.8, 4) is 5.75 Å². The Balaban J connectivity index is 1.33. The second-order valence-corrected chi connectivity index (χ2v) is 10.3. The van der Waals surface area contributed by atoms with E-state index in [2.05, 4.69) is 15.0 Å². The van der Waals surface area contributed by atoms with Gasteiger partial charge in [0.2, 0.25) is 10.0 Å². The van der Waals surface area contributed by atoms with E-state index >= 15 is 0 Å². The number of nitrogens with one attached hydrogen (secondary N) is 1. The first-order valence-electron chi connectivity index (χ1n) is 11.3. The minimum atomic E-state index is -3.81. The van der Waals surface area contributed by atoms with Crippen LogP contribution < -0.4 is 9.46 Å². The Morgan fingerprint density at radius 1 is 1.22 bits per heavy atom. The van der Waals surface area contributed by atoms with Gasteiger partial charge in [-0.1, -0.05) is 30.2 Å². The van der Waals surface area contributed by atoms with Crippen molar-refractivity contribution in [2.75, 3.05) is 13.7 Å². The molecular weight excluding hydrogens is 432 g/mol. The molecule has 1 aromatic heterocycles. The zero-order valence-electron chi connectivity index (χ0n) is 18.4. The van der Waals surface area contributed by atoms with Crippen molar-refractivity contribution in [1.29, 1.82) is 0 Å². The maximum Gasteiger partial charge on any atom is 0.244 e. The summed E-state index contributed by atoms with van der Waals surface area (Å²) in [6.07, 6.45) is 8.26. The summed E-state index contributed by atoms with van der Waals surface area (Å²) >= 11 is 0. The molecule has 2 fully saturated rings. The van der Waals surface area contributed by atoms with Crippen LogP contribution in [-0.4, -0.2) is 60.5 Å². The molecule has 0 bridgehead atoms. The van der Waals surface area contributed by atoms with Gasteiger partial charge in [0.05, 0.1) is 37.7 Å². The van der Waals surface area contributed by atoms with Gasteiger partial charge in [-0.05, 0) is 44.2 Å². The van der Waals surface area contributed by atoms with Crippen molar-refractivity contribution in [1.82, 2.24) is 19.7 Å². The van der Waals surface area contributed by atoms with Crippen molar-refractivity contribution < 1.29 is 23.0 Å². The van der Waals surface area contributed by atoms with Crippen molar-refractivity contribution in [2.45, 2.75) is 80.6 Å². The highest BCUT2D eigenvalue weighted by Gasteiger charge is 2.34. The molecule has 2 aromatic rings. The van der Waals surface area contributed by atoms with Crippen LogP contribution in [0.1, 0.15) is 56.6 Å². The molecule has 1 aliphatic carbocycles. The molecule has 2 aliphatic rings. The second kappa shape index (κ2) is 10.3. The average molecular weight is 465 g/mol. The molecule has 3 atom stereocenters. The van der Waals surface area contributed by atoms with E-state index in [0.717, 1.165) is 12.1 Å². The minimum absolute atomic E-state index is 0.0710. The van der Waals surface area contributed by atoms with E-state index < -0.39 is 22.2 Å². The fraction of sp³-hybridized carbons (Fsp3) is 0.636. The molecule has 1 saturated carbocycles. The van der Waals surface area contributed by atoms with Crippen LogP contribution in [0.4, 0.5) is 0 Å². The van der Waals surface area contributed by atoms with Crippen LogP contribution in [0, 0.1) is 0 Å². The Bertz CT molecular complexity index is 990. The predicted octanol–water partition coefficient (Wildman–Crippen LogP) is 2.22. The number of aliphatic hydroxyl groups is 1. The third-order valence-corrected chi connectivity index (χ3v) is 8.00. The average Bonchev–Trinajstić information content (AvgIpc) is 3.50. The van der Waals surface area contributed by atoms with E-state index in [-0.39, 0.29) is 23.4 Å². The Labute approximate surface area is 189 Å². The number of ether oxygens (including phenoxy) is 2. The van der Waals surface area contributed by atoms with Gasteiger partial charge in [-0.2, -0.15) is 0 Å². The van der Waals surface area contributed by atoms with Gasteiger partial charge in [0.1, 0.15) is 10.6 Å². The smallest absolute Gasteiger partial charge is 0.244 e. The first-order chi connectivity index (χ1) is 15.5. The fourth-order valence-corrected chi connectivity index (χ4v) is 6.16. The molecule has 1 saturated heterocycles. The summed E-state index contributed by atoms with van der Waals surface area (Å²) in [7, 11) is -2.38. The van der Waals surface area contributed by atoms with Gasteiger partial charge in [0.25, 0.3) is 0 Å². The molecule has 0 radical (unpaired) electrons. The first-order valence-corrected chi connectivity index (χ1v) is 12.8. The zero-order chi connectivity index (χ0) is 22.6. The Kier molecular flexibility index (Phi) is 7.44. The largest absolute Gasteiger partial charge is 0.495 e. The third-order valence-electron chi connectivity index (χ3n) is 6.47. The van der Waals surface area contributed by atoms with E-state index in [1.807, 2.05) is 10.9 Å². The van der Waals surface area contributed by atoms with E-state index in [0.29, 0.717) is 25.3 Å². The molecule has 2 N–H and O–H groups in total. The number of aryl methyl sites for hydroxylation is 1. The number of hydrogen-bond donors (Lipinski definition) is 2. The van der Waals surface area contributed by atoms with E-state index in [9.17, 15) is 13.5 Å². The topological polar surface area (TPSA) is 116 Å². The van der Waals surface area contributed by atoms with Crippen LogP contribution in [0.2, 0.25) is 0 Å². The standard InChI is InChI=1S/C22H32N4O5S/c1-30-20-8-4-5-9-22(20)32(28,29)24-18-11-10-17(31-21(18)15-27)12-13-26-14-19(23-25-26)16-6-2-3-7-16/h4-5,8-9,14,16-18,21,24,27H,2-3,6-7,10-13,15H2,1H3/t17-,18+,21-/m0/s1. The van der Waals surface area contributed by atoms with Gasteiger partial charge in [0.15, 0.2) is 0 Å². The maximum absolute atomic E-state index is 12.9. The SMILES string of the molecule is COc1ccccc1S(=O)(=O)N[C@@H]1CC[C@@H](CCn2cc(C3CCCC3)nn2)O[C@H]1CO. The first kappa shape index (κ1) is 23.2. The number of hydrogen-bond acceptors (Lipinski definition) is 7. The number of aromatic nitrogens is 3. The van der Waals surface area contributed by atoms with Crippen LogP contribution in [0.15, 0.2) is 35.4 Å². The summed E-state index contributed by atoms with van der Waals surface area (Å²) in [6.45, 7) is 0.422. The van der Waals surface area contributed by atoms with Crippen LogP contribution in [0.5, 0.6) is 5.75 Å². The van der Waals surface area contributed by atoms with Crippen molar-refractivity contribution in [2.24, 2.45) is 0 Å². The number of aliphatic hydroxyl groups excluding tert-OH is 1. The number of methoxy groups -OCH3 is 1. The van der Waals surface area contributed by atoms with Crippen LogP contribution >= 0.6 is 0 Å². The second-order valence-electron chi connectivity index (χ2n) is 8.61. The third kappa shape index (κ3) is 5.31. The Morgan fingerprint density at radius 3 is 2.75 bits per heavy atom. The molecule has 0 spiro atoms. The molecule has 0 amide bonds. The lowest BCUT2D eigenvalue weighted by Crippen LogP contribution is -2.51. The highest BCUT2D eigenvalue weighted by atomic mass is 32.2. The molecule has 10 heteroatoms. The van der Waals surface area contributed by atoms with Crippen molar-refractivity contribution in [3.05, 3.63) is 36.2 Å². The van der Waals surface area contributed by atoms with Gasteiger partial charge in [-0.25, -0.2) is 13.1 Å². The lowest BCUT2D eigenvalue weighted by molar-refractivity contribution is -0.0891. The molecule has 1 aliphatic heterocycles. The molecule has 1 aromatic carbocycles. The highest BCUT2D eigenvalue weighted by Crippen LogP contribution is 2.32. The molecular formula is C22H32N4O5S. The molecule has 2 heterocycles. The Hall–Kier alpha value is -2.01. The number of para-hydroxylation sites is 1. The van der Waals surface area contributed by atoms with Gasteiger partial charge in [-0.3, -0.25) is 4.68 Å². The number of benzene rings is 1. The maximum atomic E-state index is 12.9. The number of nitrogens with zero attached hydrogens (tertiary/aromatic N) is 3. The quantitative estimate of drug-likeness (QED) is 0.585. The summed E-state index contributed by atoms with van der Waals surface area (Å²) in [5.74, 6) is 0.811. The molecule has 0 unspecified atom stereocenters. The van der Waals surface area contributed by atoms with Crippen molar-refractivity contribution >= 4 is 10.0 Å². The summed E-state index contributed by atoms with van der Waals surface area (Å²) in [5.41, 5.74) is 1.08. The predicted molar refractivity (Wildman–Crippen MR) is 118 cm³/mol. The monoisotopic (exact) mass is 464 g/mol. The molecule has 176 valence electrons. The van der Waals surface area contributed by atoms with Gasteiger partial charge in [-0.15, -0.1) is 5.10 Å². The van der Waals surface area contributed by atoms with Crippen LogP contribution in [-0.2, 0) is 21.3 Å². The fourth-order valence-electron chi connectivity index (χ4n) is 4.69. The van der Waals surface area contributed by atoms with Gasteiger partial charge >= 0.3 is 0 Å². The van der Waals surface area contributed by atoms with Gasteiger partial charge < -0.3 is 14.6 Å². The summed E-state index contributed by atoms with van der Waals surface area (Å²) in [4.78, 5) is 0.0746. The highest BCUT2D eigenvalue weighted by molar-refractivity contribution is 7.89. The van der Waals surface area contributed by atoms with Gasteiger partial charge in [0, 0.05) is 18.7 Å². The lowest BCUT2D eigenvalue weighted by Gasteiger charge is -2.36. The Morgan fingerprint density at radius 2 is 2.00 bits per heavy atom.